The highest BCUT2D eigenvalue weighted by atomic mass is 16.3. The summed E-state index contributed by atoms with van der Waals surface area (Å²) in [5.74, 6) is 1.46. The van der Waals surface area contributed by atoms with Crippen LogP contribution in [0.3, 0.4) is 0 Å². The highest BCUT2D eigenvalue weighted by Crippen LogP contribution is 2.26. The van der Waals surface area contributed by atoms with Crippen LogP contribution in [-0.4, -0.2) is 43.6 Å². The Morgan fingerprint density at radius 3 is 2.63 bits per heavy atom. The van der Waals surface area contributed by atoms with E-state index in [0.717, 1.165) is 28.1 Å². The van der Waals surface area contributed by atoms with E-state index in [2.05, 4.69) is 69.7 Å². The predicted molar refractivity (Wildman–Crippen MR) is 107 cm³/mol. The summed E-state index contributed by atoms with van der Waals surface area (Å²) in [6.07, 6.45) is 3.76. The van der Waals surface area contributed by atoms with Gasteiger partial charge >= 0.3 is 0 Å². The van der Waals surface area contributed by atoms with Crippen molar-refractivity contribution in [2.45, 2.75) is 19.6 Å². The lowest BCUT2D eigenvalue weighted by Crippen LogP contribution is -2.16. The van der Waals surface area contributed by atoms with Crippen molar-refractivity contribution in [3.05, 3.63) is 66.2 Å². The lowest BCUT2D eigenvalue weighted by Gasteiger charge is -2.20. The van der Waals surface area contributed by atoms with Crippen LogP contribution in [0.1, 0.15) is 24.4 Å². The van der Waals surface area contributed by atoms with Gasteiger partial charge in [-0.05, 0) is 44.8 Å². The van der Waals surface area contributed by atoms with E-state index < -0.39 is 0 Å². The molecule has 2 aromatic carbocycles. The summed E-state index contributed by atoms with van der Waals surface area (Å²) in [6.45, 7) is 2.09. The highest BCUT2D eigenvalue weighted by Gasteiger charge is 2.12. The van der Waals surface area contributed by atoms with Gasteiger partial charge in [0.05, 0.1) is 11.0 Å². The molecule has 0 amide bonds. The third-order valence-electron chi connectivity index (χ3n) is 5.01. The Morgan fingerprint density at radius 2 is 1.93 bits per heavy atom. The van der Waals surface area contributed by atoms with Gasteiger partial charge in [0.15, 0.2) is 0 Å². The standard InChI is InChI=1S/C21H23N5O/c1-14(25(2)3)15-4-6-16(7-5-15)21-22-10-11-26(21)17-8-9-18-19(12-17)24-20(13-27)23-18/h4-12,14,27H,13H2,1-3H3,(H,23,24). The van der Waals surface area contributed by atoms with Crippen LogP contribution in [0.25, 0.3) is 28.1 Å². The van der Waals surface area contributed by atoms with E-state index in [0.29, 0.717) is 11.9 Å². The van der Waals surface area contributed by atoms with Gasteiger partial charge in [0.25, 0.3) is 0 Å². The van der Waals surface area contributed by atoms with Crippen molar-refractivity contribution in [2.75, 3.05) is 14.1 Å². The molecule has 0 aliphatic rings. The Morgan fingerprint density at radius 1 is 1.15 bits per heavy atom. The second-order valence-corrected chi connectivity index (χ2v) is 6.93. The largest absolute Gasteiger partial charge is 0.388 e. The van der Waals surface area contributed by atoms with E-state index in [1.54, 1.807) is 0 Å². The summed E-state index contributed by atoms with van der Waals surface area (Å²) in [6, 6.07) is 14.9. The zero-order chi connectivity index (χ0) is 19.0. The normalized spacial score (nSPS) is 12.8. The smallest absolute Gasteiger partial charge is 0.144 e. The number of aromatic amines is 1. The Bertz CT molecular complexity index is 1060. The van der Waals surface area contributed by atoms with Crippen LogP contribution in [0.15, 0.2) is 54.9 Å². The van der Waals surface area contributed by atoms with Crippen molar-refractivity contribution in [1.29, 1.82) is 0 Å². The first-order chi connectivity index (χ1) is 13.1. The first-order valence-electron chi connectivity index (χ1n) is 8.97. The Labute approximate surface area is 158 Å². The molecule has 0 aliphatic carbocycles. The molecule has 6 nitrogen and oxygen atoms in total. The van der Waals surface area contributed by atoms with Crippen LogP contribution in [0, 0.1) is 0 Å². The number of benzene rings is 2. The fourth-order valence-electron chi connectivity index (χ4n) is 3.21. The van der Waals surface area contributed by atoms with Crippen LogP contribution in [-0.2, 0) is 6.61 Å². The molecule has 1 unspecified atom stereocenters. The molecule has 0 aliphatic heterocycles. The Kier molecular flexibility index (Phi) is 4.51. The molecule has 0 saturated carbocycles. The predicted octanol–water partition coefficient (Wildman–Crippen LogP) is 3.53. The number of aliphatic hydroxyl groups is 1. The summed E-state index contributed by atoms with van der Waals surface area (Å²) in [5.41, 5.74) is 5.07. The minimum absolute atomic E-state index is 0.0991. The maximum Gasteiger partial charge on any atom is 0.144 e. The molecule has 2 N–H and O–H groups in total. The molecule has 1 atom stereocenters. The first kappa shape index (κ1) is 17.5. The van der Waals surface area contributed by atoms with Crippen LogP contribution in [0.5, 0.6) is 0 Å². The molecule has 0 saturated heterocycles. The summed E-state index contributed by atoms with van der Waals surface area (Å²) in [7, 11) is 4.16. The van der Waals surface area contributed by atoms with Gasteiger partial charge in [-0.2, -0.15) is 0 Å². The Balaban J connectivity index is 1.70. The second kappa shape index (κ2) is 6.98. The molecule has 0 radical (unpaired) electrons. The van der Waals surface area contributed by atoms with Gasteiger partial charge in [0.2, 0.25) is 0 Å². The van der Waals surface area contributed by atoms with E-state index in [1.807, 2.05) is 30.6 Å². The fraction of sp³-hybridized carbons (Fsp3) is 0.238. The number of fused-ring (bicyclic) bond motifs is 1. The zero-order valence-corrected chi connectivity index (χ0v) is 15.7. The molecule has 4 rings (SSSR count). The first-order valence-corrected chi connectivity index (χ1v) is 8.97. The van der Waals surface area contributed by atoms with Crippen molar-refractivity contribution >= 4 is 11.0 Å². The molecule has 0 bridgehead atoms. The lowest BCUT2D eigenvalue weighted by atomic mass is 10.1. The number of H-pyrrole nitrogens is 1. The third-order valence-corrected chi connectivity index (χ3v) is 5.01. The minimum Gasteiger partial charge on any atom is -0.388 e. The molecular formula is C21H23N5O. The summed E-state index contributed by atoms with van der Waals surface area (Å²) in [4.78, 5) is 14.2. The lowest BCUT2D eigenvalue weighted by molar-refractivity contribution is 0.273. The van der Waals surface area contributed by atoms with Crippen LogP contribution >= 0.6 is 0 Å². The molecule has 2 heterocycles. The van der Waals surface area contributed by atoms with Gasteiger partial charge in [0.1, 0.15) is 18.3 Å². The minimum atomic E-state index is -0.0991. The molecule has 6 heteroatoms. The summed E-state index contributed by atoms with van der Waals surface area (Å²) >= 11 is 0. The maximum atomic E-state index is 9.27. The molecule has 0 spiro atoms. The van der Waals surface area contributed by atoms with Gasteiger partial charge in [-0.15, -0.1) is 0 Å². The third kappa shape index (κ3) is 3.25. The van der Waals surface area contributed by atoms with E-state index in [4.69, 9.17) is 0 Å². The van der Waals surface area contributed by atoms with Crippen molar-refractivity contribution in [2.24, 2.45) is 0 Å². The zero-order valence-electron chi connectivity index (χ0n) is 15.7. The van der Waals surface area contributed by atoms with Crippen LogP contribution in [0.4, 0.5) is 0 Å². The summed E-state index contributed by atoms with van der Waals surface area (Å²) in [5, 5.41) is 9.27. The molecule has 138 valence electrons. The van der Waals surface area contributed by atoms with E-state index in [-0.39, 0.29) is 6.61 Å². The van der Waals surface area contributed by atoms with Gasteiger partial charge in [-0.3, -0.25) is 4.57 Å². The quantitative estimate of drug-likeness (QED) is 0.570. The number of nitrogens with one attached hydrogen (secondary N) is 1. The van der Waals surface area contributed by atoms with Crippen molar-refractivity contribution in [3.8, 4) is 17.1 Å². The number of rotatable bonds is 5. The monoisotopic (exact) mass is 361 g/mol. The van der Waals surface area contributed by atoms with Crippen LogP contribution < -0.4 is 0 Å². The Hall–Kier alpha value is -2.96. The van der Waals surface area contributed by atoms with Gasteiger partial charge < -0.3 is 15.0 Å². The number of aliphatic hydroxyl groups excluding tert-OH is 1. The van der Waals surface area contributed by atoms with Gasteiger partial charge in [-0.25, -0.2) is 9.97 Å². The second-order valence-electron chi connectivity index (χ2n) is 6.93. The number of aromatic nitrogens is 4. The van der Waals surface area contributed by atoms with Crippen molar-refractivity contribution in [1.82, 2.24) is 24.4 Å². The number of hydrogen-bond acceptors (Lipinski definition) is 4. The number of imidazole rings is 2. The number of hydrogen-bond donors (Lipinski definition) is 2. The molecule has 2 aromatic heterocycles. The van der Waals surface area contributed by atoms with Gasteiger partial charge in [0, 0.05) is 29.7 Å². The average Bonchev–Trinajstić information content (AvgIpc) is 3.33. The number of nitrogens with zero attached hydrogens (tertiary/aromatic N) is 4. The van der Waals surface area contributed by atoms with Gasteiger partial charge in [-0.1, -0.05) is 24.3 Å². The fourth-order valence-corrected chi connectivity index (χ4v) is 3.21. The molecule has 4 aromatic rings. The highest BCUT2D eigenvalue weighted by molar-refractivity contribution is 5.78. The molecule has 27 heavy (non-hydrogen) atoms. The topological polar surface area (TPSA) is 70.0 Å². The average molecular weight is 361 g/mol. The van der Waals surface area contributed by atoms with E-state index >= 15 is 0 Å². The maximum absolute atomic E-state index is 9.27. The van der Waals surface area contributed by atoms with Crippen molar-refractivity contribution < 1.29 is 5.11 Å². The summed E-state index contributed by atoms with van der Waals surface area (Å²) < 4.78 is 2.06. The molecule has 0 fully saturated rings. The molecular weight excluding hydrogens is 338 g/mol. The van der Waals surface area contributed by atoms with E-state index in [9.17, 15) is 5.11 Å². The SMILES string of the molecule is CC(c1ccc(-c2nccn2-c2ccc3nc(CO)[nH]c3c2)cc1)N(C)C. The van der Waals surface area contributed by atoms with Crippen molar-refractivity contribution in [3.63, 3.8) is 0 Å². The van der Waals surface area contributed by atoms with E-state index in [1.165, 1.54) is 5.56 Å². The van der Waals surface area contributed by atoms with Crippen LogP contribution in [0.2, 0.25) is 0 Å².